The number of nitrogens with zero attached hydrogens (tertiary/aromatic N) is 3. The Morgan fingerprint density at radius 1 is 1.07 bits per heavy atom. The lowest BCUT2D eigenvalue weighted by molar-refractivity contribution is -0.121. The molecular formula is C21H23BrN4O. The van der Waals surface area contributed by atoms with Gasteiger partial charge in [0.2, 0.25) is 5.91 Å². The van der Waals surface area contributed by atoms with Crippen molar-refractivity contribution < 1.29 is 4.79 Å². The first-order valence-corrected chi connectivity index (χ1v) is 10.2. The number of carbonyl (C=O) groups is 1. The second kappa shape index (κ2) is 8.13. The van der Waals surface area contributed by atoms with Crippen molar-refractivity contribution in [1.29, 1.82) is 0 Å². The minimum absolute atomic E-state index is 0.0200. The van der Waals surface area contributed by atoms with E-state index in [1.165, 1.54) is 19.3 Å². The molecule has 1 amide bonds. The van der Waals surface area contributed by atoms with Crippen molar-refractivity contribution in [2.24, 2.45) is 0 Å². The maximum atomic E-state index is 12.4. The summed E-state index contributed by atoms with van der Waals surface area (Å²) in [5.41, 5.74) is 1.93. The van der Waals surface area contributed by atoms with E-state index < -0.39 is 0 Å². The number of hydrogen-bond donors (Lipinski definition) is 1. The molecule has 1 saturated heterocycles. The highest BCUT2D eigenvalue weighted by Crippen LogP contribution is 2.22. The molecule has 0 spiro atoms. The largest absolute Gasteiger partial charge is 0.357 e. The highest BCUT2D eigenvalue weighted by atomic mass is 79.9. The summed E-state index contributed by atoms with van der Waals surface area (Å²) in [6.45, 7) is 2.90. The van der Waals surface area contributed by atoms with Crippen LogP contribution in [0.1, 0.15) is 24.8 Å². The summed E-state index contributed by atoms with van der Waals surface area (Å²) in [6.07, 6.45) is 5.68. The lowest BCUT2D eigenvalue weighted by atomic mass is 10.1. The molecule has 1 aromatic carbocycles. The number of fused-ring (bicyclic) bond motifs is 1. The molecule has 4 rings (SSSR count). The summed E-state index contributed by atoms with van der Waals surface area (Å²) < 4.78 is 2.93. The Morgan fingerprint density at radius 3 is 2.70 bits per heavy atom. The SMILES string of the molecule is O=C(Cn1ccc2ccc(N3CCCCC3)nc21)NCc1ccccc1Br. The molecule has 6 heteroatoms. The molecule has 2 aromatic heterocycles. The molecule has 1 fully saturated rings. The molecule has 0 aliphatic carbocycles. The van der Waals surface area contributed by atoms with Crippen molar-refractivity contribution in [3.8, 4) is 0 Å². The molecular weight excluding hydrogens is 404 g/mol. The summed E-state index contributed by atoms with van der Waals surface area (Å²) in [4.78, 5) is 19.6. The van der Waals surface area contributed by atoms with Crippen molar-refractivity contribution in [2.75, 3.05) is 18.0 Å². The first kappa shape index (κ1) is 18.0. The number of aromatic nitrogens is 2. The van der Waals surface area contributed by atoms with E-state index in [0.717, 1.165) is 40.0 Å². The Bertz CT molecular complexity index is 946. The highest BCUT2D eigenvalue weighted by molar-refractivity contribution is 9.10. The molecule has 140 valence electrons. The minimum Gasteiger partial charge on any atom is -0.357 e. The number of rotatable bonds is 5. The molecule has 0 unspecified atom stereocenters. The summed E-state index contributed by atoms with van der Waals surface area (Å²) in [5, 5.41) is 4.06. The summed E-state index contributed by atoms with van der Waals surface area (Å²) in [7, 11) is 0. The summed E-state index contributed by atoms with van der Waals surface area (Å²) >= 11 is 3.51. The van der Waals surface area contributed by atoms with Gasteiger partial charge in [0, 0.05) is 35.7 Å². The van der Waals surface area contributed by atoms with Crippen molar-refractivity contribution in [2.45, 2.75) is 32.4 Å². The van der Waals surface area contributed by atoms with Gasteiger partial charge in [0.15, 0.2) is 0 Å². The van der Waals surface area contributed by atoms with Gasteiger partial charge in [-0.05, 0) is 49.1 Å². The molecule has 27 heavy (non-hydrogen) atoms. The molecule has 5 nitrogen and oxygen atoms in total. The second-order valence-corrected chi connectivity index (χ2v) is 7.80. The molecule has 0 saturated carbocycles. The molecule has 0 bridgehead atoms. The standard InChI is InChI=1S/C21H23BrN4O/c22-18-7-3-2-6-17(18)14-23-20(27)15-26-13-10-16-8-9-19(24-21(16)26)25-11-4-1-5-12-25/h2-3,6-10,13H,1,4-5,11-12,14-15H2,(H,23,27). The van der Waals surface area contributed by atoms with Crippen LogP contribution in [0.5, 0.6) is 0 Å². The Balaban J connectivity index is 1.46. The lowest BCUT2D eigenvalue weighted by Gasteiger charge is -2.27. The van der Waals surface area contributed by atoms with Gasteiger partial charge in [0.25, 0.3) is 0 Å². The quantitative estimate of drug-likeness (QED) is 0.667. The Morgan fingerprint density at radius 2 is 1.89 bits per heavy atom. The third-order valence-corrected chi connectivity index (χ3v) is 5.80. The third kappa shape index (κ3) is 4.16. The van der Waals surface area contributed by atoms with E-state index >= 15 is 0 Å². The van der Waals surface area contributed by atoms with Crippen LogP contribution in [0, 0.1) is 0 Å². The molecule has 1 N–H and O–H groups in total. The predicted octanol–water partition coefficient (Wildman–Crippen LogP) is 4.11. The summed E-state index contributed by atoms with van der Waals surface area (Å²) in [5.74, 6) is 0.990. The fraction of sp³-hybridized carbons (Fsp3) is 0.333. The van der Waals surface area contributed by atoms with E-state index in [1.807, 2.05) is 41.1 Å². The van der Waals surface area contributed by atoms with Gasteiger partial charge in [0.1, 0.15) is 18.0 Å². The lowest BCUT2D eigenvalue weighted by Crippen LogP contribution is -2.30. The van der Waals surface area contributed by atoms with Crippen molar-refractivity contribution in [3.05, 3.63) is 58.7 Å². The van der Waals surface area contributed by atoms with Crippen LogP contribution in [-0.2, 0) is 17.9 Å². The van der Waals surface area contributed by atoms with Crippen LogP contribution in [0.15, 0.2) is 53.1 Å². The predicted molar refractivity (Wildman–Crippen MR) is 112 cm³/mol. The van der Waals surface area contributed by atoms with Crippen LogP contribution < -0.4 is 10.2 Å². The normalized spacial score (nSPS) is 14.5. The second-order valence-electron chi connectivity index (χ2n) is 6.94. The number of benzene rings is 1. The van der Waals surface area contributed by atoms with Gasteiger partial charge < -0.3 is 14.8 Å². The number of halogens is 1. The topological polar surface area (TPSA) is 50.2 Å². The zero-order valence-electron chi connectivity index (χ0n) is 15.2. The van der Waals surface area contributed by atoms with Crippen LogP contribution in [0.25, 0.3) is 11.0 Å². The molecule has 3 aromatic rings. The highest BCUT2D eigenvalue weighted by Gasteiger charge is 2.14. The summed E-state index contributed by atoms with van der Waals surface area (Å²) in [6, 6.07) is 14.1. The van der Waals surface area contributed by atoms with Crippen molar-refractivity contribution in [1.82, 2.24) is 14.9 Å². The van der Waals surface area contributed by atoms with Crippen LogP contribution in [0.4, 0.5) is 5.82 Å². The van der Waals surface area contributed by atoms with Gasteiger partial charge in [-0.15, -0.1) is 0 Å². The zero-order valence-corrected chi connectivity index (χ0v) is 16.8. The third-order valence-electron chi connectivity index (χ3n) is 5.02. The van der Waals surface area contributed by atoms with Gasteiger partial charge in [-0.2, -0.15) is 0 Å². The van der Waals surface area contributed by atoms with Gasteiger partial charge in [-0.3, -0.25) is 4.79 Å². The van der Waals surface area contributed by atoms with Crippen LogP contribution >= 0.6 is 15.9 Å². The number of amides is 1. The number of pyridine rings is 1. The average Bonchev–Trinajstić information content (AvgIpc) is 3.10. The smallest absolute Gasteiger partial charge is 0.240 e. The molecule has 1 aliphatic rings. The Hall–Kier alpha value is -2.34. The molecule has 0 radical (unpaired) electrons. The fourth-order valence-electron chi connectivity index (χ4n) is 3.52. The van der Waals surface area contributed by atoms with Crippen LogP contribution in [0.2, 0.25) is 0 Å². The van der Waals surface area contributed by atoms with E-state index in [9.17, 15) is 4.79 Å². The van der Waals surface area contributed by atoms with Gasteiger partial charge >= 0.3 is 0 Å². The number of nitrogens with one attached hydrogen (secondary N) is 1. The number of anilines is 1. The van der Waals surface area contributed by atoms with E-state index in [4.69, 9.17) is 4.98 Å². The Labute approximate surface area is 167 Å². The number of carbonyl (C=O) groups excluding carboxylic acids is 1. The van der Waals surface area contributed by atoms with Crippen LogP contribution in [-0.4, -0.2) is 28.5 Å². The number of hydrogen-bond acceptors (Lipinski definition) is 3. The van der Waals surface area contributed by atoms with Crippen molar-refractivity contribution >= 4 is 38.7 Å². The monoisotopic (exact) mass is 426 g/mol. The van der Waals surface area contributed by atoms with E-state index in [1.54, 1.807) is 0 Å². The van der Waals surface area contributed by atoms with Crippen LogP contribution in [0.3, 0.4) is 0 Å². The maximum Gasteiger partial charge on any atom is 0.240 e. The van der Waals surface area contributed by atoms with Gasteiger partial charge in [0.05, 0.1) is 0 Å². The van der Waals surface area contributed by atoms with E-state index in [2.05, 4.69) is 38.3 Å². The first-order valence-electron chi connectivity index (χ1n) is 9.42. The van der Waals surface area contributed by atoms with Gasteiger partial charge in [-0.1, -0.05) is 34.1 Å². The van der Waals surface area contributed by atoms with Crippen molar-refractivity contribution in [3.63, 3.8) is 0 Å². The minimum atomic E-state index is -0.0200. The Kier molecular flexibility index (Phi) is 5.43. The van der Waals surface area contributed by atoms with Gasteiger partial charge in [-0.25, -0.2) is 4.98 Å². The molecule has 1 aliphatic heterocycles. The molecule has 0 atom stereocenters. The maximum absolute atomic E-state index is 12.4. The van der Waals surface area contributed by atoms with E-state index in [-0.39, 0.29) is 12.5 Å². The fourth-order valence-corrected chi connectivity index (χ4v) is 3.95. The van der Waals surface area contributed by atoms with E-state index in [0.29, 0.717) is 6.54 Å². The zero-order chi connectivity index (χ0) is 18.6. The number of piperidine rings is 1. The molecule has 3 heterocycles. The average molecular weight is 427 g/mol. The first-order chi connectivity index (χ1) is 13.2.